The Kier molecular flexibility index (Phi) is 4.68. The topological polar surface area (TPSA) is 26.0 Å². The molecular formula is C13H21NS. The summed E-state index contributed by atoms with van der Waals surface area (Å²) in [5, 5.41) is 1.02. The van der Waals surface area contributed by atoms with Crippen molar-refractivity contribution in [3.05, 3.63) is 35.4 Å². The summed E-state index contributed by atoms with van der Waals surface area (Å²) in [5.74, 6) is 0. The van der Waals surface area contributed by atoms with Crippen molar-refractivity contribution >= 4 is 11.8 Å². The summed E-state index contributed by atoms with van der Waals surface area (Å²) >= 11 is 1.94. The first-order valence-corrected chi connectivity index (χ1v) is 6.42. The van der Waals surface area contributed by atoms with Gasteiger partial charge in [-0.2, -0.15) is 0 Å². The predicted molar refractivity (Wildman–Crippen MR) is 70.3 cm³/mol. The lowest BCUT2D eigenvalue weighted by Crippen LogP contribution is -2.23. The number of nitrogens with two attached hydrogens (primary N) is 1. The minimum absolute atomic E-state index is 0.195. The van der Waals surface area contributed by atoms with E-state index in [1.165, 1.54) is 11.1 Å². The van der Waals surface area contributed by atoms with Crippen LogP contribution in [0.2, 0.25) is 0 Å². The van der Waals surface area contributed by atoms with E-state index in [1.54, 1.807) is 0 Å². The van der Waals surface area contributed by atoms with Crippen molar-refractivity contribution in [2.24, 2.45) is 5.73 Å². The van der Waals surface area contributed by atoms with Crippen LogP contribution in [0.5, 0.6) is 0 Å². The minimum atomic E-state index is 0.195. The zero-order chi connectivity index (χ0) is 11.4. The third kappa shape index (κ3) is 3.88. The maximum atomic E-state index is 6.03. The average molecular weight is 223 g/mol. The molecule has 1 aromatic rings. The fraction of sp³-hybridized carbons (Fsp3) is 0.538. The maximum absolute atomic E-state index is 6.03. The monoisotopic (exact) mass is 223 g/mol. The molecule has 0 aliphatic heterocycles. The molecule has 0 aliphatic carbocycles. The van der Waals surface area contributed by atoms with Crippen LogP contribution in [-0.2, 0) is 0 Å². The van der Waals surface area contributed by atoms with Crippen LogP contribution in [0.4, 0.5) is 0 Å². The molecular weight excluding hydrogens is 202 g/mol. The van der Waals surface area contributed by atoms with Crippen LogP contribution in [0.15, 0.2) is 24.3 Å². The SMILES string of the molecule is Cc1ccc(C(SC(C)C)C(C)N)cc1. The van der Waals surface area contributed by atoms with Gasteiger partial charge >= 0.3 is 0 Å². The molecule has 2 unspecified atom stereocenters. The molecule has 0 saturated heterocycles. The minimum Gasteiger partial charge on any atom is -0.327 e. The standard InChI is InChI=1S/C13H21NS/c1-9(2)15-13(11(4)14)12-7-5-10(3)6-8-12/h5-9,11,13H,14H2,1-4H3. The normalized spacial score (nSPS) is 15.3. The molecule has 0 aliphatic rings. The van der Waals surface area contributed by atoms with Gasteiger partial charge in [0.05, 0.1) is 0 Å². The van der Waals surface area contributed by atoms with E-state index in [0.29, 0.717) is 10.5 Å². The van der Waals surface area contributed by atoms with Gasteiger partial charge in [-0.1, -0.05) is 43.7 Å². The molecule has 15 heavy (non-hydrogen) atoms. The number of hydrogen-bond acceptors (Lipinski definition) is 2. The molecule has 0 aromatic heterocycles. The van der Waals surface area contributed by atoms with Gasteiger partial charge in [0.15, 0.2) is 0 Å². The van der Waals surface area contributed by atoms with Crippen molar-refractivity contribution < 1.29 is 0 Å². The molecule has 0 amide bonds. The first-order valence-electron chi connectivity index (χ1n) is 5.48. The molecule has 84 valence electrons. The molecule has 2 N–H and O–H groups in total. The summed E-state index contributed by atoms with van der Waals surface area (Å²) in [7, 11) is 0. The highest BCUT2D eigenvalue weighted by atomic mass is 32.2. The van der Waals surface area contributed by atoms with Crippen molar-refractivity contribution in [3.8, 4) is 0 Å². The van der Waals surface area contributed by atoms with Crippen LogP contribution in [0.1, 0.15) is 37.1 Å². The lowest BCUT2D eigenvalue weighted by atomic mass is 10.1. The van der Waals surface area contributed by atoms with Gasteiger partial charge in [0.25, 0.3) is 0 Å². The van der Waals surface area contributed by atoms with Crippen LogP contribution < -0.4 is 5.73 Å². The van der Waals surface area contributed by atoms with Crippen LogP contribution >= 0.6 is 11.8 Å². The summed E-state index contributed by atoms with van der Waals surface area (Å²) in [4.78, 5) is 0. The van der Waals surface area contributed by atoms with Gasteiger partial charge in [0.1, 0.15) is 0 Å². The Morgan fingerprint density at radius 1 is 1.07 bits per heavy atom. The summed E-state index contributed by atoms with van der Waals surface area (Å²) in [5.41, 5.74) is 8.68. The lowest BCUT2D eigenvalue weighted by molar-refractivity contribution is 0.718. The Labute approximate surface area is 97.4 Å². The van der Waals surface area contributed by atoms with Crippen molar-refractivity contribution in [2.75, 3.05) is 0 Å². The lowest BCUT2D eigenvalue weighted by Gasteiger charge is -2.22. The van der Waals surface area contributed by atoms with Gasteiger partial charge in [-0.15, -0.1) is 11.8 Å². The Morgan fingerprint density at radius 2 is 1.60 bits per heavy atom. The van der Waals surface area contributed by atoms with Crippen molar-refractivity contribution in [1.29, 1.82) is 0 Å². The quantitative estimate of drug-likeness (QED) is 0.845. The number of aryl methyl sites for hydroxylation is 1. The average Bonchev–Trinajstić information content (AvgIpc) is 2.15. The van der Waals surface area contributed by atoms with Crippen LogP contribution in [0.3, 0.4) is 0 Å². The van der Waals surface area contributed by atoms with E-state index in [9.17, 15) is 0 Å². The first-order chi connectivity index (χ1) is 7.00. The van der Waals surface area contributed by atoms with Crippen molar-refractivity contribution in [2.45, 2.75) is 44.2 Å². The van der Waals surface area contributed by atoms with E-state index in [1.807, 2.05) is 11.8 Å². The second-order valence-corrected chi connectivity index (χ2v) is 6.10. The molecule has 2 atom stereocenters. The van der Waals surface area contributed by atoms with E-state index in [4.69, 9.17) is 5.73 Å². The number of hydrogen-bond donors (Lipinski definition) is 1. The van der Waals surface area contributed by atoms with E-state index in [0.717, 1.165) is 0 Å². The molecule has 0 bridgehead atoms. The third-order valence-electron chi connectivity index (χ3n) is 2.30. The molecule has 0 heterocycles. The fourth-order valence-corrected chi connectivity index (χ4v) is 2.70. The number of thioether (sulfide) groups is 1. The molecule has 0 spiro atoms. The fourth-order valence-electron chi connectivity index (χ4n) is 1.56. The van der Waals surface area contributed by atoms with E-state index < -0.39 is 0 Å². The largest absolute Gasteiger partial charge is 0.327 e. The third-order valence-corrected chi connectivity index (χ3v) is 3.84. The Hall–Kier alpha value is -0.470. The molecule has 1 nitrogen and oxygen atoms in total. The van der Waals surface area contributed by atoms with E-state index in [-0.39, 0.29) is 6.04 Å². The summed E-state index contributed by atoms with van der Waals surface area (Å²) in [6.45, 7) is 8.63. The van der Waals surface area contributed by atoms with Crippen LogP contribution in [0, 0.1) is 6.92 Å². The van der Waals surface area contributed by atoms with Gasteiger partial charge in [-0.3, -0.25) is 0 Å². The zero-order valence-corrected chi connectivity index (χ0v) is 10.8. The van der Waals surface area contributed by atoms with Crippen LogP contribution in [0.25, 0.3) is 0 Å². The summed E-state index contributed by atoms with van der Waals surface area (Å²) in [6.07, 6.45) is 0. The number of benzene rings is 1. The van der Waals surface area contributed by atoms with E-state index >= 15 is 0 Å². The van der Waals surface area contributed by atoms with Crippen molar-refractivity contribution in [1.82, 2.24) is 0 Å². The molecule has 0 radical (unpaired) electrons. The molecule has 2 heteroatoms. The summed E-state index contributed by atoms with van der Waals surface area (Å²) < 4.78 is 0. The van der Waals surface area contributed by atoms with Crippen LogP contribution in [-0.4, -0.2) is 11.3 Å². The van der Waals surface area contributed by atoms with Gasteiger partial charge in [0.2, 0.25) is 0 Å². The highest BCUT2D eigenvalue weighted by molar-refractivity contribution is 8.00. The predicted octanol–water partition coefficient (Wildman–Crippen LogP) is 3.52. The van der Waals surface area contributed by atoms with Gasteiger partial charge in [0, 0.05) is 11.3 Å². The Bertz CT molecular complexity index is 290. The maximum Gasteiger partial charge on any atom is 0.0448 e. The Balaban J connectivity index is 2.84. The van der Waals surface area contributed by atoms with Gasteiger partial charge in [-0.05, 0) is 24.7 Å². The molecule has 1 aromatic carbocycles. The smallest absolute Gasteiger partial charge is 0.0448 e. The van der Waals surface area contributed by atoms with Gasteiger partial charge < -0.3 is 5.73 Å². The number of rotatable bonds is 4. The van der Waals surface area contributed by atoms with Gasteiger partial charge in [-0.25, -0.2) is 0 Å². The highest BCUT2D eigenvalue weighted by Crippen LogP contribution is 2.34. The second kappa shape index (κ2) is 5.57. The van der Waals surface area contributed by atoms with Crippen molar-refractivity contribution in [3.63, 3.8) is 0 Å². The molecule has 0 saturated carbocycles. The highest BCUT2D eigenvalue weighted by Gasteiger charge is 2.17. The molecule has 0 fully saturated rings. The Morgan fingerprint density at radius 3 is 2.00 bits per heavy atom. The first kappa shape index (κ1) is 12.6. The second-order valence-electron chi connectivity index (χ2n) is 4.38. The van der Waals surface area contributed by atoms with E-state index in [2.05, 4.69) is 52.0 Å². The zero-order valence-electron chi connectivity index (χ0n) is 10.0. The summed E-state index contributed by atoms with van der Waals surface area (Å²) in [6, 6.07) is 8.90. The molecule has 1 rings (SSSR count).